The maximum absolute atomic E-state index is 4.31. The fourth-order valence-corrected chi connectivity index (χ4v) is 2.74. The van der Waals surface area contributed by atoms with Crippen LogP contribution in [0.3, 0.4) is 0 Å². The van der Waals surface area contributed by atoms with E-state index in [1.54, 1.807) is 0 Å². The maximum atomic E-state index is 4.31. The van der Waals surface area contributed by atoms with Crippen LogP contribution >= 0.6 is 0 Å². The van der Waals surface area contributed by atoms with Crippen LogP contribution < -0.4 is 16.3 Å². The lowest BCUT2D eigenvalue weighted by molar-refractivity contribution is 0.0996. The first-order chi connectivity index (χ1) is 7.77. The molecule has 0 aromatic rings. The Balaban J connectivity index is 1.87. The average Bonchev–Trinajstić information content (AvgIpc) is 2.29. The summed E-state index contributed by atoms with van der Waals surface area (Å²) >= 11 is 0. The summed E-state index contributed by atoms with van der Waals surface area (Å²) in [5.74, 6) is 2.06. The second kappa shape index (κ2) is 5.64. The van der Waals surface area contributed by atoms with Crippen LogP contribution in [0.1, 0.15) is 39.5 Å². The molecule has 2 aliphatic rings. The molecule has 1 saturated carbocycles. The Morgan fingerprint density at radius 1 is 1.31 bits per heavy atom. The molecule has 2 fully saturated rings. The highest BCUT2D eigenvalue weighted by Crippen LogP contribution is 2.32. The standard InChI is InChI=1S/C12H24N4/c1-9(2)7-13-15-12-11-6-4-3-5-10(11)8-14-16-12/h7,9-12,14-16H,3-6,8H2,1-2H3/b13-7-. The van der Waals surface area contributed by atoms with E-state index in [4.69, 9.17) is 0 Å². The molecule has 1 saturated heterocycles. The first-order valence-electron chi connectivity index (χ1n) is 6.54. The van der Waals surface area contributed by atoms with Crippen molar-refractivity contribution in [2.45, 2.75) is 45.7 Å². The van der Waals surface area contributed by atoms with Crippen LogP contribution in [0.5, 0.6) is 0 Å². The molecule has 0 bridgehead atoms. The molecule has 0 aromatic heterocycles. The van der Waals surface area contributed by atoms with E-state index in [2.05, 4.69) is 35.2 Å². The number of hydrazone groups is 1. The summed E-state index contributed by atoms with van der Waals surface area (Å²) in [5, 5.41) is 4.31. The average molecular weight is 224 g/mol. The Morgan fingerprint density at radius 3 is 2.94 bits per heavy atom. The van der Waals surface area contributed by atoms with E-state index in [1.165, 1.54) is 25.7 Å². The number of nitrogens with one attached hydrogen (secondary N) is 3. The third-order valence-electron chi connectivity index (χ3n) is 3.60. The minimum Gasteiger partial charge on any atom is -0.292 e. The molecule has 0 radical (unpaired) electrons. The number of hydrogen-bond donors (Lipinski definition) is 3. The van der Waals surface area contributed by atoms with Crippen LogP contribution in [0.15, 0.2) is 5.10 Å². The van der Waals surface area contributed by atoms with E-state index in [1.807, 2.05) is 6.21 Å². The van der Waals surface area contributed by atoms with Crippen molar-refractivity contribution in [1.82, 2.24) is 16.3 Å². The highest BCUT2D eigenvalue weighted by molar-refractivity contribution is 5.59. The van der Waals surface area contributed by atoms with Gasteiger partial charge in [0.05, 0.1) is 0 Å². The number of hydrazine groups is 1. The van der Waals surface area contributed by atoms with Crippen LogP contribution in [0, 0.1) is 17.8 Å². The van der Waals surface area contributed by atoms with Gasteiger partial charge < -0.3 is 0 Å². The summed E-state index contributed by atoms with van der Waals surface area (Å²) in [6.07, 6.45) is 7.72. The molecule has 1 aliphatic carbocycles. The predicted molar refractivity (Wildman–Crippen MR) is 66.8 cm³/mol. The summed E-state index contributed by atoms with van der Waals surface area (Å²) in [6.45, 7) is 5.39. The monoisotopic (exact) mass is 224 g/mol. The summed E-state index contributed by atoms with van der Waals surface area (Å²) in [5.41, 5.74) is 9.85. The van der Waals surface area contributed by atoms with E-state index < -0.39 is 0 Å². The first-order valence-corrected chi connectivity index (χ1v) is 6.54. The Kier molecular flexibility index (Phi) is 4.18. The minimum absolute atomic E-state index is 0.300. The van der Waals surface area contributed by atoms with Crippen LogP contribution in [0.25, 0.3) is 0 Å². The van der Waals surface area contributed by atoms with Crippen molar-refractivity contribution in [3.8, 4) is 0 Å². The van der Waals surface area contributed by atoms with E-state index >= 15 is 0 Å². The largest absolute Gasteiger partial charge is 0.292 e. The molecule has 1 heterocycles. The van der Waals surface area contributed by atoms with Crippen LogP contribution in [-0.4, -0.2) is 18.9 Å². The SMILES string of the molecule is CC(C)/C=N\NC1NNCC2CCCCC21. The smallest absolute Gasteiger partial charge is 0.109 e. The molecule has 3 atom stereocenters. The fraction of sp³-hybridized carbons (Fsp3) is 0.917. The van der Waals surface area contributed by atoms with Gasteiger partial charge in [-0.1, -0.05) is 26.7 Å². The molecule has 2 rings (SSSR count). The molecule has 0 aromatic carbocycles. The number of hydrogen-bond acceptors (Lipinski definition) is 4. The molecular weight excluding hydrogens is 200 g/mol. The lowest BCUT2D eigenvalue weighted by Crippen LogP contribution is -2.60. The molecule has 16 heavy (non-hydrogen) atoms. The maximum Gasteiger partial charge on any atom is 0.109 e. The zero-order valence-electron chi connectivity index (χ0n) is 10.4. The zero-order chi connectivity index (χ0) is 11.4. The van der Waals surface area contributed by atoms with Crippen molar-refractivity contribution >= 4 is 6.21 Å². The minimum atomic E-state index is 0.300. The van der Waals surface area contributed by atoms with Gasteiger partial charge in [0.15, 0.2) is 0 Å². The van der Waals surface area contributed by atoms with Crippen LogP contribution in [0.2, 0.25) is 0 Å². The van der Waals surface area contributed by atoms with Crippen molar-refractivity contribution in [3.05, 3.63) is 0 Å². The Hall–Kier alpha value is -0.610. The zero-order valence-corrected chi connectivity index (χ0v) is 10.4. The summed E-state index contributed by atoms with van der Waals surface area (Å²) < 4.78 is 0. The third kappa shape index (κ3) is 2.95. The van der Waals surface area contributed by atoms with Gasteiger partial charge in [-0.25, -0.2) is 5.43 Å². The lowest BCUT2D eigenvalue weighted by Gasteiger charge is -2.41. The van der Waals surface area contributed by atoms with Crippen LogP contribution in [0.4, 0.5) is 0 Å². The van der Waals surface area contributed by atoms with Gasteiger partial charge in [0.2, 0.25) is 0 Å². The van der Waals surface area contributed by atoms with Gasteiger partial charge in [-0.3, -0.25) is 10.9 Å². The predicted octanol–water partition coefficient (Wildman–Crippen LogP) is 1.46. The van der Waals surface area contributed by atoms with Crippen LogP contribution in [-0.2, 0) is 0 Å². The van der Waals surface area contributed by atoms with E-state index in [0.29, 0.717) is 12.1 Å². The molecule has 4 heteroatoms. The molecule has 0 spiro atoms. The van der Waals surface area contributed by atoms with Gasteiger partial charge >= 0.3 is 0 Å². The molecule has 92 valence electrons. The number of rotatable bonds is 3. The highest BCUT2D eigenvalue weighted by Gasteiger charge is 2.34. The number of fused-ring (bicyclic) bond motifs is 1. The van der Waals surface area contributed by atoms with E-state index in [0.717, 1.165) is 18.4 Å². The fourth-order valence-electron chi connectivity index (χ4n) is 2.74. The van der Waals surface area contributed by atoms with Gasteiger partial charge in [-0.2, -0.15) is 5.10 Å². The van der Waals surface area contributed by atoms with Gasteiger partial charge in [-0.15, -0.1) is 0 Å². The molecule has 0 amide bonds. The molecular formula is C12H24N4. The van der Waals surface area contributed by atoms with Crippen molar-refractivity contribution in [3.63, 3.8) is 0 Å². The lowest BCUT2D eigenvalue weighted by atomic mass is 9.77. The molecule has 4 nitrogen and oxygen atoms in total. The molecule has 1 aliphatic heterocycles. The van der Waals surface area contributed by atoms with E-state index in [-0.39, 0.29) is 0 Å². The summed E-state index contributed by atoms with van der Waals surface area (Å²) in [4.78, 5) is 0. The second-order valence-corrected chi connectivity index (χ2v) is 5.36. The Labute approximate surface area is 98.2 Å². The van der Waals surface area contributed by atoms with Gasteiger partial charge in [0.1, 0.15) is 6.17 Å². The Morgan fingerprint density at radius 2 is 2.12 bits per heavy atom. The summed E-state index contributed by atoms with van der Waals surface area (Å²) in [6, 6.07) is 0. The topological polar surface area (TPSA) is 48.5 Å². The quantitative estimate of drug-likeness (QED) is 0.502. The normalized spacial score (nSPS) is 35.3. The second-order valence-electron chi connectivity index (χ2n) is 5.36. The van der Waals surface area contributed by atoms with Crippen molar-refractivity contribution in [2.75, 3.05) is 6.54 Å². The molecule has 3 N–H and O–H groups in total. The molecule has 3 unspecified atom stereocenters. The van der Waals surface area contributed by atoms with Gasteiger partial charge in [-0.05, 0) is 30.6 Å². The van der Waals surface area contributed by atoms with Crippen molar-refractivity contribution in [2.24, 2.45) is 22.9 Å². The first kappa shape index (κ1) is 11.9. The van der Waals surface area contributed by atoms with Gasteiger partial charge in [0.25, 0.3) is 0 Å². The van der Waals surface area contributed by atoms with Crippen molar-refractivity contribution in [1.29, 1.82) is 0 Å². The highest BCUT2D eigenvalue weighted by atomic mass is 15.5. The van der Waals surface area contributed by atoms with Gasteiger partial charge in [0, 0.05) is 12.8 Å². The number of nitrogens with zero attached hydrogens (tertiary/aromatic N) is 1. The van der Waals surface area contributed by atoms with Crippen molar-refractivity contribution < 1.29 is 0 Å². The summed E-state index contributed by atoms with van der Waals surface area (Å²) in [7, 11) is 0. The Bertz CT molecular complexity index is 237. The van der Waals surface area contributed by atoms with E-state index in [9.17, 15) is 0 Å². The third-order valence-corrected chi connectivity index (χ3v) is 3.60.